The van der Waals surface area contributed by atoms with Gasteiger partial charge in [-0.15, -0.1) is 0 Å². The van der Waals surface area contributed by atoms with Crippen molar-refractivity contribution in [3.05, 3.63) is 75.0 Å². The number of ether oxygens (including phenoxy) is 1. The third kappa shape index (κ3) is 3.35. The molecule has 0 unspecified atom stereocenters. The average molecular weight is 361 g/mol. The second kappa shape index (κ2) is 6.51. The molecule has 3 rings (SSSR count). The summed E-state index contributed by atoms with van der Waals surface area (Å²) in [6.45, 7) is 0. The van der Waals surface area contributed by atoms with E-state index >= 15 is 0 Å². The van der Waals surface area contributed by atoms with Crippen molar-refractivity contribution in [2.24, 2.45) is 0 Å². The van der Waals surface area contributed by atoms with Gasteiger partial charge in [0, 0.05) is 11.1 Å². The zero-order valence-corrected chi connectivity index (χ0v) is 13.6. The molecule has 6 heteroatoms. The standard InChI is InChI=1S/C18H10Cl2O4/c19-12-8-13-17(23)15(24-18(13)14(20)9-12)7-11-3-1-2-10(6-11)4-5-16(21)22/h1-9H,(H,21,22)/b5-4+,15-7-. The number of aliphatic carboxylic acids is 1. The predicted molar refractivity (Wildman–Crippen MR) is 92.5 cm³/mol. The van der Waals surface area contributed by atoms with Crippen molar-refractivity contribution in [3.8, 4) is 5.75 Å². The zero-order valence-electron chi connectivity index (χ0n) is 12.1. The minimum atomic E-state index is -1.03. The molecule has 1 N–H and O–H groups in total. The molecule has 2 aromatic rings. The van der Waals surface area contributed by atoms with E-state index in [9.17, 15) is 9.59 Å². The van der Waals surface area contributed by atoms with E-state index in [0.29, 0.717) is 27.5 Å². The molecule has 1 aliphatic rings. The van der Waals surface area contributed by atoms with E-state index in [1.54, 1.807) is 30.3 Å². The maximum absolute atomic E-state index is 12.4. The lowest BCUT2D eigenvalue weighted by atomic mass is 10.1. The van der Waals surface area contributed by atoms with E-state index in [-0.39, 0.29) is 16.6 Å². The van der Waals surface area contributed by atoms with Crippen LogP contribution in [0.1, 0.15) is 21.5 Å². The van der Waals surface area contributed by atoms with Crippen LogP contribution in [0.15, 0.2) is 48.2 Å². The van der Waals surface area contributed by atoms with Gasteiger partial charge in [0.15, 0.2) is 11.5 Å². The van der Waals surface area contributed by atoms with Crippen molar-refractivity contribution in [2.75, 3.05) is 0 Å². The number of carbonyl (C=O) groups excluding carboxylic acids is 1. The smallest absolute Gasteiger partial charge is 0.328 e. The molecule has 0 aliphatic carbocycles. The molecule has 1 aliphatic heterocycles. The maximum Gasteiger partial charge on any atom is 0.328 e. The number of Topliss-reactive ketones (excluding diaryl/α,β-unsaturated/α-hetero) is 1. The molecule has 0 spiro atoms. The molecule has 0 amide bonds. The number of hydrogen-bond acceptors (Lipinski definition) is 3. The largest absolute Gasteiger partial charge is 0.478 e. The van der Waals surface area contributed by atoms with Gasteiger partial charge in [0.2, 0.25) is 5.78 Å². The Bertz CT molecular complexity index is 913. The molecule has 2 aromatic carbocycles. The van der Waals surface area contributed by atoms with Crippen molar-refractivity contribution in [1.29, 1.82) is 0 Å². The normalized spacial score (nSPS) is 14.9. The van der Waals surface area contributed by atoms with E-state index in [1.165, 1.54) is 18.2 Å². The first-order valence-electron chi connectivity index (χ1n) is 6.88. The SMILES string of the molecule is O=C(O)/C=C/c1cccc(/C=C2\Oc3c(Cl)cc(Cl)cc3C2=O)c1. The molecular formula is C18H10Cl2O4. The first kappa shape index (κ1) is 16.3. The number of allylic oxidation sites excluding steroid dienone is 1. The monoisotopic (exact) mass is 360 g/mol. The van der Waals surface area contributed by atoms with E-state index in [4.69, 9.17) is 33.0 Å². The molecule has 120 valence electrons. The Morgan fingerprint density at radius 2 is 1.88 bits per heavy atom. The molecule has 0 saturated carbocycles. The quantitative estimate of drug-likeness (QED) is 0.805. The fraction of sp³-hybridized carbons (Fsp3) is 0. The Kier molecular flexibility index (Phi) is 4.42. The van der Waals surface area contributed by atoms with Crippen LogP contribution in [0, 0.1) is 0 Å². The van der Waals surface area contributed by atoms with Crippen LogP contribution in [0.3, 0.4) is 0 Å². The summed E-state index contributed by atoms with van der Waals surface area (Å²) in [6, 6.07) is 10.0. The van der Waals surface area contributed by atoms with Gasteiger partial charge >= 0.3 is 5.97 Å². The number of carboxylic acid groups (broad SMARTS) is 1. The number of halogens is 2. The third-order valence-corrected chi connectivity index (χ3v) is 3.81. The van der Waals surface area contributed by atoms with Crippen LogP contribution >= 0.6 is 23.2 Å². The van der Waals surface area contributed by atoms with Gasteiger partial charge < -0.3 is 9.84 Å². The van der Waals surface area contributed by atoms with E-state index < -0.39 is 5.97 Å². The van der Waals surface area contributed by atoms with Crippen LogP contribution in [0.5, 0.6) is 5.75 Å². The molecule has 0 aromatic heterocycles. The number of hydrogen-bond donors (Lipinski definition) is 1. The van der Waals surface area contributed by atoms with Crippen LogP contribution in [0.25, 0.3) is 12.2 Å². The van der Waals surface area contributed by atoms with Crippen LogP contribution in [-0.4, -0.2) is 16.9 Å². The first-order valence-corrected chi connectivity index (χ1v) is 7.64. The molecule has 0 fully saturated rings. The van der Waals surface area contributed by atoms with Gasteiger partial charge in [0.05, 0.1) is 10.6 Å². The number of rotatable bonds is 3. The van der Waals surface area contributed by atoms with Gasteiger partial charge in [-0.3, -0.25) is 4.79 Å². The highest BCUT2D eigenvalue weighted by Gasteiger charge is 2.29. The minimum absolute atomic E-state index is 0.133. The van der Waals surface area contributed by atoms with Crippen molar-refractivity contribution < 1.29 is 19.4 Å². The Balaban J connectivity index is 1.94. The van der Waals surface area contributed by atoms with Crippen LogP contribution in [-0.2, 0) is 4.79 Å². The lowest BCUT2D eigenvalue weighted by molar-refractivity contribution is -0.131. The van der Waals surface area contributed by atoms with Gasteiger partial charge in [-0.1, -0.05) is 41.4 Å². The predicted octanol–water partition coefficient (Wildman–Crippen LogP) is 4.71. The highest BCUT2D eigenvalue weighted by Crippen LogP contribution is 2.40. The van der Waals surface area contributed by atoms with Gasteiger partial charge in [0.25, 0.3) is 0 Å². The summed E-state index contributed by atoms with van der Waals surface area (Å²) in [5, 5.41) is 9.30. The van der Waals surface area contributed by atoms with Crippen LogP contribution in [0.2, 0.25) is 10.0 Å². The Labute approximate surface area is 147 Å². The molecule has 24 heavy (non-hydrogen) atoms. The average Bonchev–Trinajstić information content (AvgIpc) is 2.83. The minimum Gasteiger partial charge on any atom is -0.478 e. The van der Waals surface area contributed by atoms with Gasteiger partial charge in [-0.2, -0.15) is 0 Å². The lowest BCUT2D eigenvalue weighted by Crippen LogP contribution is -1.98. The van der Waals surface area contributed by atoms with Gasteiger partial charge in [-0.05, 0) is 41.5 Å². The van der Waals surface area contributed by atoms with Gasteiger partial charge in [0.1, 0.15) is 0 Å². The Morgan fingerprint density at radius 3 is 2.62 bits per heavy atom. The molecular weight excluding hydrogens is 351 g/mol. The number of carboxylic acids is 1. The molecule has 0 radical (unpaired) electrons. The summed E-state index contributed by atoms with van der Waals surface area (Å²) in [4.78, 5) is 23.0. The molecule has 1 heterocycles. The third-order valence-electron chi connectivity index (χ3n) is 3.32. The van der Waals surface area contributed by atoms with Crippen molar-refractivity contribution in [3.63, 3.8) is 0 Å². The van der Waals surface area contributed by atoms with Crippen LogP contribution < -0.4 is 4.74 Å². The summed E-state index contributed by atoms with van der Waals surface area (Å²) in [5.41, 5.74) is 1.71. The molecule has 0 saturated heterocycles. The van der Waals surface area contributed by atoms with Crippen molar-refractivity contribution in [1.82, 2.24) is 0 Å². The summed E-state index contributed by atoms with van der Waals surface area (Å²) in [7, 11) is 0. The molecule has 0 atom stereocenters. The highest BCUT2D eigenvalue weighted by molar-refractivity contribution is 6.37. The fourth-order valence-electron chi connectivity index (χ4n) is 2.29. The van der Waals surface area contributed by atoms with Crippen molar-refractivity contribution >= 4 is 47.1 Å². The van der Waals surface area contributed by atoms with E-state index in [1.807, 2.05) is 0 Å². The van der Waals surface area contributed by atoms with Crippen molar-refractivity contribution in [2.45, 2.75) is 0 Å². The second-order valence-electron chi connectivity index (χ2n) is 5.05. The van der Waals surface area contributed by atoms with E-state index in [0.717, 1.165) is 6.08 Å². The maximum atomic E-state index is 12.4. The Morgan fingerprint density at radius 1 is 1.12 bits per heavy atom. The topological polar surface area (TPSA) is 63.6 Å². The lowest BCUT2D eigenvalue weighted by Gasteiger charge is -2.01. The summed E-state index contributed by atoms with van der Waals surface area (Å²) < 4.78 is 5.56. The second-order valence-corrected chi connectivity index (χ2v) is 5.89. The summed E-state index contributed by atoms with van der Waals surface area (Å²) in [5.74, 6) is -0.913. The number of fused-ring (bicyclic) bond motifs is 1. The summed E-state index contributed by atoms with van der Waals surface area (Å²) >= 11 is 12.0. The molecule has 4 nitrogen and oxygen atoms in total. The fourth-order valence-corrected chi connectivity index (χ4v) is 2.82. The number of benzene rings is 2. The molecule has 0 bridgehead atoms. The Hall–Kier alpha value is -2.56. The summed E-state index contributed by atoms with van der Waals surface area (Å²) in [6.07, 6.45) is 4.08. The highest BCUT2D eigenvalue weighted by atomic mass is 35.5. The first-order chi connectivity index (χ1) is 11.4. The number of ketones is 1. The van der Waals surface area contributed by atoms with Gasteiger partial charge in [-0.25, -0.2) is 4.79 Å². The van der Waals surface area contributed by atoms with Crippen LogP contribution in [0.4, 0.5) is 0 Å². The van der Waals surface area contributed by atoms with E-state index in [2.05, 4.69) is 0 Å². The number of carbonyl (C=O) groups is 2. The zero-order chi connectivity index (χ0) is 17.3.